The molecule has 0 radical (unpaired) electrons. The van der Waals surface area contributed by atoms with Crippen molar-refractivity contribution in [3.05, 3.63) is 93.0 Å². The van der Waals surface area contributed by atoms with Gasteiger partial charge < -0.3 is 37.9 Å². The van der Waals surface area contributed by atoms with Crippen LogP contribution in [0.3, 0.4) is 0 Å². The van der Waals surface area contributed by atoms with Crippen LogP contribution in [0.15, 0.2) is 48.5 Å². The fourth-order valence-corrected chi connectivity index (χ4v) is 7.02. The highest BCUT2D eigenvalue weighted by Crippen LogP contribution is 2.34. The van der Waals surface area contributed by atoms with Crippen molar-refractivity contribution in [1.29, 1.82) is 0 Å². The molecule has 0 atom stereocenters. The van der Waals surface area contributed by atoms with Gasteiger partial charge >= 0.3 is 0 Å². The third kappa shape index (κ3) is 19.8. The second kappa shape index (κ2) is 35.3. The van der Waals surface area contributed by atoms with E-state index in [1.165, 1.54) is 0 Å². The van der Waals surface area contributed by atoms with Gasteiger partial charge in [-0.15, -0.1) is 12.8 Å². The lowest BCUT2D eigenvalue weighted by atomic mass is 10.0. The first-order valence-electron chi connectivity index (χ1n) is 27.5. The Hall–Kier alpha value is -6.92. The maximum atomic E-state index is 6.52. The molecule has 4 aromatic carbocycles. The lowest BCUT2D eigenvalue weighted by molar-refractivity contribution is 0.299. The minimum atomic E-state index is 0.507. The minimum absolute atomic E-state index is 0.507. The van der Waals surface area contributed by atoms with E-state index in [1.54, 1.807) is 0 Å². The molecule has 0 saturated heterocycles. The van der Waals surface area contributed by atoms with Crippen molar-refractivity contribution in [3.8, 4) is 106 Å². The van der Waals surface area contributed by atoms with Gasteiger partial charge in [0.15, 0.2) is 0 Å². The fraction of sp³-hybridized carbons (Fsp3) is 0.485. The Morgan fingerprint density at radius 1 is 0.243 bits per heavy atom. The van der Waals surface area contributed by atoms with Crippen molar-refractivity contribution >= 4 is 0 Å². The van der Waals surface area contributed by atoms with Crippen molar-refractivity contribution in [2.45, 2.75) is 158 Å². The van der Waals surface area contributed by atoms with Crippen molar-refractivity contribution in [1.82, 2.24) is 0 Å². The molecule has 0 amide bonds. The van der Waals surface area contributed by atoms with Crippen LogP contribution in [0.1, 0.15) is 203 Å². The molecule has 0 N–H and O–H groups in total. The SMILES string of the molecule is C#Cc1cc(OCCCC)c(C#Cc2cc(OCCCC)c(C#Cc3cc(OCCCC)c(C#Cc4cc(OCCCC)c(C#C)cc4OCCCC)cc3OCCCC)cc2OCCCC)cc1OCCCC. The summed E-state index contributed by atoms with van der Waals surface area (Å²) in [6.07, 6.45) is 26.9. The monoisotopic (exact) mass is 1000 g/mol. The van der Waals surface area contributed by atoms with E-state index in [2.05, 4.69) is 103 Å². The Bertz CT molecular complexity index is 2450. The average Bonchev–Trinajstić information content (AvgIpc) is 3.41. The number of hydrogen-bond donors (Lipinski definition) is 0. The van der Waals surface area contributed by atoms with Gasteiger partial charge in [0.2, 0.25) is 0 Å². The summed E-state index contributed by atoms with van der Waals surface area (Å²) >= 11 is 0. The summed E-state index contributed by atoms with van der Waals surface area (Å²) in [5.74, 6) is 31.0. The average molecular weight is 1000 g/mol. The van der Waals surface area contributed by atoms with E-state index in [9.17, 15) is 0 Å². The van der Waals surface area contributed by atoms with Crippen LogP contribution in [0.4, 0.5) is 0 Å². The molecule has 0 fully saturated rings. The van der Waals surface area contributed by atoms with Gasteiger partial charge in [0.25, 0.3) is 0 Å². The summed E-state index contributed by atoms with van der Waals surface area (Å²) in [7, 11) is 0. The standard InChI is InChI=1S/C66H82O8/c1-11-21-35-67-59-45-53(61(43-51(59)19-9)69-37-23-13-3)29-31-55-47-65(73-41-27-17-7)57(49-63(55)71-39-25-15-5)33-34-58-50-64(72-40-26-16-6)56(48-66(58)74-42-28-18-8)32-30-54-46-60(68-36-22-12-2)52(20-10)44-62(54)70-38-24-14-4/h9-10,43-50H,11-18,21-28,35-42H2,1-8H3. The Labute approximate surface area is 446 Å². The van der Waals surface area contributed by atoms with E-state index >= 15 is 0 Å². The molecule has 0 aliphatic heterocycles. The van der Waals surface area contributed by atoms with Crippen molar-refractivity contribution in [3.63, 3.8) is 0 Å². The quantitative estimate of drug-likeness (QED) is 0.0354. The lowest BCUT2D eigenvalue weighted by Gasteiger charge is -2.15. The molecule has 0 spiro atoms. The van der Waals surface area contributed by atoms with E-state index < -0.39 is 0 Å². The van der Waals surface area contributed by atoms with Gasteiger partial charge in [-0.3, -0.25) is 0 Å². The molecule has 8 nitrogen and oxygen atoms in total. The summed E-state index contributed by atoms with van der Waals surface area (Å²) in [6.45, 7) is 21.3. The molecule has 0 aliphatic rings. The van der Waals surface area contributed by atoms with Crippen LogP contribution in [-0.4, -0.2) is 52.9 Å². The maximum Gasteiger partial charge on any atom is 0.136 e. The van der Waals surface area contributed by atoms with Crippen LogP contribution in [0.2, 0.25) is 0 Å². The zero-order valence-corrected chi connectivity index (χ0v) is 46.0. The number of unbranched alkanes of at least 4 members (excludes halogenated alkanes) is 8. The van der Waals surface area contributed by atoms with E-state index in [-0.39, 0.29) is 0 Å². The van der Waals surface area contributed by atoms with Crippen molar-refractivity contribution < 1.29 is 37.9 Å². The summed E-state index contributed by atoms with van der Waals surface area (Å²) in [5, 5.41) is 0. The van der Waals surface area contributed by atoms with Gasteiger partial charge in [-0.25, -0.2) is 0 Å². The number of benzene rings is 4. The van der Waals surface area contributed by atoms with E-state index in [1.807, 2.05) is 48.5 Å². The van der Waals surface area contributed by atoms with Crippen molar-refractivity contribution in [2.75, 3.05) is 52.9 Å². The van der Waals surface area contributed by atoms with Crippen LogP contribution in [0, 0.1) is 60.2 Å². The third-order valence-electron chi connectivity index (χ3n) is 11.7. The molecule has 74 heavy (non-hydrogen) atoms. The van der Waals surface area contributed by atoms with Crippen LogP contribution in [0.5, 0.6) is 46.0 Å². The first-order chi connectivity index (χ1) is 36.3. The summed E-state index contributed by atoms with van der Waals surface area (Å²) in [4.78, 5) is 0. The van der Waals surface area contributed by atoms with Gasteiger partial charge in [-0.1, -0.05) is 154 Å². The fourth-order valence-electron chi connectivity index (χ4n) is 7.02. The Kier molecular flexibility index (Phi) is 28.4. The molecule has 0 saturated carbocycles. The summed E-state index contributed by atoms with van der Waals surface area (Å²) in [5.41, 5.74) is 5.26. The molecule has 0 aromatic heterocycles. The second-order valence-corrected chi connectivity index (χ2v) is 18.0. The van der Waals surface area contributed by atoms with Crippen LogP contribution >= 0.6 is 0 Å². The normalized spacial score (nSPS) is 10.3. The number of hydrogen-bond acceptors (Lipinski definition) is 8. The molecule has 0 unspecified atom stereocenters. The number of terminal acetylenes is 2. The second-order valence-electron chi connectivity index (χ2n) is 18.0. The largest absolute Gasteiger partial charge is 0.492 e. The van der Waals surface area contributed by atoms with E-state index in [0.717, 1.165) is 103 Å². The topological polar surface area (TPSA) is 73.8 Å². The van der Waals surface area contributed by atoms with E-state index in [4.69, 9.17) is 50.7 Å². The highest BCUT2D eigenvalue weighted by molar-refractivity contribution is 5.66. The van der Waals surface area contributed by atoms with Crippen LogP contribution in [0.25, 0.3) is 0 Å². The Balaban J connectivity index is 1.94. The highest BCUT2D eigenvalue weighted by atomic mass is 16.5. The maximum absolute atomic E-state index is 6.52. The first-order valence-corrected chi connectivity index (χ1v) is 27.5. The molecule has 4 aromatic rings. The van der Waals surface area contributed by atoms with Gasteiger partial charge in [-0.05, 0) is 51.4 Å². The van der Waals surface area contributed by atoms with Gasteiger partial charge in [-0.2, -0.15) is 0 Å². The molecule has 394 valence electrons. The zero-order chi connectivity index (χ0) is 53.2. The smallest absolute Gasteiger partial charge is 0.136 e. The molecule has 4 rings (SSSR count). The third-order valence-corrected chi connectivity index (χ3v) is 11.7. The molecule has 8 heteroatoms. The highest BCUT2D eigenvalue weighted by Gasteiger charge is 2.17. The van der Waals surface area contributed by atoms with Crippen LogP contribution < -0.4 is 37.9 Å². The number of ether oxygens (including phenoxy) is 8. The first kappa shape index (κ1) is 59.6. The predicted molar refractivity (Wildman–Crippen MR) is 303 cm³/mol. The van der Waals surface area contributed by atoms with Gasteiger partial charge in [0, 0.05) is 48.5 Å². The Morgan fingerprint density at radius 2 is 0.378 bits per heavy atom. The lowest BCUT2D eigenvalue weighted by Crippen LogP contribution is -2.04. The zero-order valence-electron chi connectivity index (χ0n) is 46.0. The molecule has 0 aliphatic carbocycles. The van der Waals surface area contributed by atoms with Crippen molar-refractivity contribution in [2.24, 2.45) is 0 Å². The molecular formula is C66H82O8. The van der Waals surface area contributed by atoms with Crippen LogP contribution in [-0.2, 0) is 0 Å². The van der Waals surface area contributed by atoms with Gasteiger partial charge in [0.05, 0.1) is 97.4 Å². The Morgan fingerprint density at radius 3 is 0.514 bits per heavy atom. The summed E-state index contributed by atoms with van der Waals surface area (Å²) < 4.78 is 50.9. The summed E-state index contributed by atoms with van der Waals surface area (Å²) in [6, 6.07) is 15.3. The predicted octanol–water partition coefficient (Wildman–Crippen LogP) is 15.3. The van der Waals surface area contributed by atoms with E-state index in [0.29, 0.717) is 143 Å². The number of rotatable bonds is 32. The molecule has 0 heterocycles. The minimum Gasteiger partial charge on any atom is -0.492 e. The van der Waals surface area contributed by atoms with Gasteiger partial charge in [0.1, 0.15) is 46.0 Å². The molecule has 0 bridgehead atoms. The molecular weight excluding hydrogens is 921 g/mol.